The van der Waals surface area contributed by atoms with Gasteiger partial charge in [-0.2, -0.15) is 0 Å². The van der Waals surface area contributed by atoms with E-state index < -0.39 is 0 Å². The van der Waals surface area contributed by atoms with Crippen molar-refractivity contribution < 1.29 is 9.84 Å². The number of hydrogen-bond donors (Lipinski definition) is 2. The van der Waals surface area contributed by atoms with Crippen molar-refractivity contribution in [3.8, 4) is 5.75 Å². The van der Waals surface area contributed by atoms with Crippen LogP contribution < -0.4 is 5.32 Å². The molecule has 2 N–H and O–H groups in total. The highest BCUT2D eigenvalue weighted by Gasteiger charge is 2.19. The molecule has 0 saturated carbocycles. The van der Waals surface area contributed by atoms with E-state index in [-0.39, 0.29) is 6.10 Å². The molecular weight excluding hydrogens is 216 g/mol. The van der Waals surface area contributed by atoms with Crippen molar-refractivity contribution in [3.05, 3.63) is 29.8 Å². The third kappa shape index (κ3) is 3.70. The van der Waals surface area contributed by atoms with Crippen molar-refractivity contribution in [2.45, 2.75) is 12.6 Å². The molecule has 1 fully saturated rings. The van der Waals surface area contributed by atoms with Gasteiger partial charge < -0.3 is 15.2 Å². The smallest absolute Gasteiger partial charge is 0.115 e. The van der Waals surface area contributed by atoms with Gasteiger partial charge in [0, 0.05) is 26.2 Å². The summed E-state index contributed by atoms with van der Waals surface area (Å²) in [6.45, 7) is 4.44. The summed E-state index contributed by atoms with van der Waals surface area (Å²) < 4.78 is 5.66. The van der Waals surface area contributed by atoms with Gasteiger partial charge in [-0.25, -0.2) is 0 Å². The first kappa shape index (κ1) is 12.4. The van der Waals surface area contributed by atoms with Crippen molar-refractivity contribution in [2.75, 3.05) is 33.3 Å². The molecule has 0 spiro atoms. The van der Waals surface area contributed by atoms with Crippen LogP contribution in [0.2, 0.25) is 0 Å². The summed E-state index contributed by atoms with van der Waals surface area (Å²) >= 11 is 0. The second-order valence-electron chi connectivity index (χ2n) is 4.46. The molecule has 17 heavy (non-hydrogen) atoms. The Bertz CT molecular complexity index is 355. The lowest BCUT2D eigenvalue weighted by Gasteiger charge is -2.32. The molecule has 1 aliphatic heterocycles. The Kier molecular flexibility index (Phi) is 4.36. The zero-order valence-electron chi connectivity index (χ0n) is 10.2. The lowest BCUT2D eigenvalue weighted by Crippen LogP contribution is -2.45. The van der Waals surface area contributed by atoms with Crippen molar-refractivity contribution in [1.29, 1.82) is 0 Å². The van der Waals surface area contributed by atoms with Crippen LogP contribution in [-0.2, 0) is 11.3 Å². The maximum atomic E-state index is 9.43. The Hall–Kier alpha value is -1.10. The van der Waals surface area contributed by atoms with Gasteiger partial charge in [0.1, 0.15) is 5.75 Å². The Morgan fingerprint density at radius 3 is 3.18 bits per heavy atom. The minimum Gasteiger partial charge on any atom is -0.508 e. The van der Waals surface area contributed by atoms with Gasteiger partial charge in [0.2, 0.25) is 0 Å². The second-order valence-corrected chi connectivity index (χ2v) is 4.46. The molecule has 0 aromatic heterocycles. The number of rotatable bonds is 4. The zero-order valence-corrected chi connectivity index (χ0v) is 10.2. The van der Waals surface area contributed by atoms with Crippen LogP contribution in [0.3, 0.4) is 0 Å². The first-order valence-electron chi connectivity index (χ1n) is 6.04. The fourth-order valence-corrected chi connectivity index (χ4v) is 2.19. The fraction of sp³-hybridized carbons (Fsp3) is 0.538. The number of ether oxygens (including phenoxy) is 1. The van der Waals surface area contributed by atoms with E-state index in [1.807, 2.05) is 25.2 Å². The predicted molar refractivity (Wildman–Crippen MR) is 67.1 cm³/mol. The SMILES string of the molecule is CNCC1CN(Cc2cccc(O)c2)CCO1. The van der Waals surface area contributed by atoms with Gasteiger partial charge >= 0.3 is 0 Å². The van der Waals surface area contributed by atoms with E-state index in [4.69, 9.17) is 4.74 Å². The van der Waals surface area contributed by atoms with Crippen LogP contribution in [0.5, 0.6) is 5.75 Å². The standard InChI is InChI=1S/C13H20N2O2/c1-14-8-13-10-15(5-6-17-13)9-11-3-2-4-12(16)7-11/h2-4,7,13-14,16H,5-6,8-10H2,1H3. The monoisotopic (exact) mass is 236 g/mol. The van der Waals surface area contributed by atoms with Gasteiger partial charge in [-0.05, 0) is 24.7 Å². The van der Waals surface area contributed by atoms with E-state index >= 15 is 0 Å². The average molecular weight is 236 g/mol. The minimum atomic E-state index is 0.269. The number of hydrogen-bond acceptors (Lipinski definition) is 4. The van der Waals surface area contributed by atoms with E-state index in [1.165, 1.54) is 0 Å². The molecule has 0 aliphatic carbocycles. The van der Waals surface area contributed by atoms with Crippen molar-refractivity contribution >= 4 is 0 Å². The van der Waals surface area contributed by atoms with Crippen LogP contribution in [-0.4, -0.2) is 49.4 Å². The highest BCUT2D eigenvalue weighted by Crippen LogP contribution is 2.14. The summed E-state index contributed by atoms with van der Waals surface area (Å²) in [5.41, 5.74) is 1.15. The van der Waals surface area contributed by atoms with E-state index in [1.54, 1.807) is 6.07 Å². The first-order valence-corrected chi connectivity index (χ1v) is 6.04. The van der Waals surface area contributed by atoms with Crippen LogP contribution >= 0.6 is 0 Å². The first-order chi connectivity index (χ1) is 8.28. The van der Waals surface area contributed by atoms with Crippen LogP contribution in [0.4, 0.5) is 0 Å². The average Bonchev–Trinajstić information content (AvgIpc) is 2.30. The lowest BCUT2D eigenvalue weighted by atomic mass is 10.2. The third-order valence-corrected chi connectivity index (χ3v) is 2.97. The number of phenols is 1. The predicted octanol–water partition coefficient (Wildman–Crippen LogP) is 0.812. The Balaban J connectivity index is 1.90. The van der Waals surface area contributed by atoms with Crippen LogP contribution in [0.25, 0.3) is 0 Å². The number of nitrogens with one attached hydrogen (secondary N) is 1. The number of likely N-dealkylation sites (N-methyl/N-ethyl adjacent to an activating group) is 1. The molecule has 4 heteroatoms. The third-order valence-electron chi connectivity index (χ3n) is 2.97. The number of nitrogens with zero attached hydrogens (tertiary/aromatic N) is 1. The lowest BCUT2D eigenvalue weighted by molar-refractivity contribution is -0.0291. The number of phenolic OH excluding ortho intramolecular Hbond substituents is 1. The maximum Gasteiger partial charge on any atom is 0.115 e. The highest BCUT2D eigenvalue weighted by molar-refractivity contribution is 5.27. The van der Waals surface area contributed by atoms with E-state index in [2.05, 4.69) is 10.2 Å². The van der Waals surface area contributed by atoms with Gasteiger partial charge in [-0.3, -0.25) is 4.90 Å². The molecule has 0 radical (unpaired) electrons. The summed E-state index contributed by atoms with van der Waals surface area (Å²) in [7, 11) is 1.94. The number of benzene rings is 1. The summed E-state index contributed by atoms with van der Waals surface area (Å²) in [6.07, 6.45) is 0.269. The normalized spacial score (nSPS) is 21.6. The van der Waals surface area contributed by atoms with Crippen molar-refractivity contribution in [1.82, 2.24) is 10.2 Å². The number of morpholine rings is 1. The largest absolute Gasteiger partial charge is 0.508 e. The maximum absolute atomic E-state index is 9.43. The number of aromatic hydroxyl groups is 1. The zero-order chi connectivity index (χ0) is 12.1. The van der Waals surface area contributed by atoms with Gasteiger partial charge in [0.25, 0.3) is 0 Å². The molecule has 2 rings (SSSR count). The molecule has 1 heterocycles. The summed E-state index contributed by atoms with van der Waals surface area (Å²) in [5, 5.41) is 12.6. The Morgan fingerprint density at radius 1 is 1.53 bits per heavy atom. The minimum absolute atomic E-state index is 0.269. The molecule has 0 amide bonds. The van der Waals surface area contributed by atoms with E-state index in [0.29, 0.717) is 5.75 Å². The summed E-state index contributed by atoms with van der Waals surface area (Å²) in [5.74, 6) is 0.336. The molecule has 0 bridgehead atoms. The van der Waals surface area contributed by atoms with E-state index in [9.17, 15) is 5.11 Å². The molecular formula is C13H20N2O2. The molecule has 4 nitrogen and oxygen atoms in total. The van der Waals surface area contributed by atoms with Crippen molar-refractivity contribution in [2.24, 2.45) is 0 Å². The summed E-state index contributed by atoms with van der Waals surface area (Å²) in [4.78, 5) is 2.36. The molecule has 94 valence electrons. The Morgan fingerprint density at radius 2 is 2.41 bits per heavy atom. The molecule has 1 unspecified atom stereocenters. The van der Waals surface area contributed by atoms with Gasteiger partial charge in [-0.1, -0.05) is 12.1 Å². The summed E-state index contributed by atoms with van der Waals surface area (Å²) in [6, 6.07) is 7.45. The fourth-order valence-electron chi connectivity index (χ4n) is 2.19. The second kappa shape index (κ2) is 6.00. The molecule has 1 aromatic carbocycles. The Labute approximate surface area is 102 Å². The molecule has 1 aliphatic rings. The van der Waals surface area contributed by atoms with Gasteiger partial charge in [0.05, 0.1) is 12.7 Å². The van der Waals surface area contributed by atoms with Crippen LogP contribution in [0.15, 0.2) is 24.3 Å². The van der Waals surface area contributed by atoms with Crippen molar-refractivity contribution in [3.63, 3.8) is 0 Å². The van der Waals surface area contributed by atoms with Gasteiger partial charge in [0.15, 0.2) is 0 Å². The van der Waals surface area contributed by atoms with Crippen LogP contribution in [0.1, 0.15) is 5.56 Å². The topological polar surface area (TPSA) is 44.7 Å². The quantitative estimate of drug-likeness (QED) is 0.812. The van der Waals surface area contributed by atoms with E-state index in [0.717, 1.165) is 38.3 Å². The molecule has 1 aromatic rings. The molecule has 1 saturated heterocycles. The van der Waals surface area contributed by atoms with Gasteiger partial charge in [-0.15, -0.1) is 0 Å². The molecule has 1 atom stereocenters. The van der Waals surface area contributed by atoms with Crippen LogP contribution in [0, 0.1) is 0 Å². The highest BCUT2D eigenvalue weighted by atomic mass is 16.5.